The lowest BCUT2D eigenvalue weighted by Gasteiger charge is -2.09. The van der Waals surface area contributed by atoms with Gasteiger partial charge in [-0.3, -0.25) is 0 Å². The second kappa shape index (κ2) is 3.92. The van der Waals surface area contributed by atoms with Gasteiger partial charge in [-0.25, -0.2) is 0 Å². The highest BCUT2D eigenvalue weighted by Crippen LogP contribution is 2.18. The van der Waals surface area contributed by atoms with Crippen LogP contribution in [0.25, 0.3) is 0 Å². The molecule has 1 aromatic carbocycles. The maximum atomic E-state index is 8.48. The van der Waals surface area contributed by atoms with Crippen molar-refractivity contribution in [1.29, 1.82) is 5.26 Å². The molecule has 0 spiro atoms. The molecule has 0 aliphatic carbocycles. The number of hydrogen-bond acceptors (Lipinski definition) is 3. The number of aryl methyl sites for hydroxylation is 1. The van der Waals surface area contributed by atoms with Gasteiger partial charge in [-0.2, -0.15) is 5.26 Å². The monoisotopic (exact) mass is 175 g/mol. The molecular formula is C10H13N3. The van der Waals surface area contributed by atoms with Crippen LogP contribution in [0.4, 0.5) is 5.69 Å². The summed E-state index contributed by atoms with van der Waals surface area (Å²) in [6, 6.07) is 7.46. The Bertz CT molecular complexity index is 318. The van der Waals surface area contributed by atoms with Crippen LogP contribution in [0, 0.1) is 18.3 Å². The molecule has 0 aromatic heterocycles. The van der Waals surface area contributed by atoms with Crippen LogP contribution in [-0.4, -0.2) is 0 Å². The molecule has 0 radical (unpaired) electrons. The van der Waals surface area contributed by atoms with E-state index in [-0.39, 0.29) is 6.04 Å². The summed E-state index contributed by atoms with van der Waals surface area (Å²) in [6.07, 6.45) is 0.322. The first-order chi connectivity index (χ1) is 6.13. The Balaban J connectivity index is 2.95. The highest BCUT2D eigenvalue weighted by molar-refractivity contribution is 5.45. The van der Waals surface area contributed by atoms with Gasteiger partial charge in [0.1, 0.15) is 0 Å². The number of nitriles is 1. The molecule has 0 aliphatic heterocycles. The van der Waals surface area contributed by atoms with Crippen molar-refractivity contribution in [2.45, 2.75) is 19.4 Å². The summed E-state index contributed by atoms with van der Waals surface area (Å²) in [5.41, 5.74) is 14.1. The van der Waals surface area contributed by atoms with Gasteiger partial charge in [-0.1, -0.05) is 6.07 Å². The Morgan fingerprint density at radius 1 is 1.46 bits per heavy atom. The van der Waals surface area contributed by atoms with Crippen molar-refractivity contribution in [3.05, 3.63) is 29.3 Å². The molecule has 68 valence electrons. The fourth-order valence-corrected chi connectivity index (χ4v) is 1.27. The third kappa shape index (κ3) is 2.46. The molecule has 1 aromatic rings. The van der Waals surface area contributed by atoms with E-state index in [0.717, 1.165) is 11.1 Å². The summed E-state index contributed by atoms with van der Waals surface area (Å²) < 4.78 is 0. The summed E-state index contributed by atoms with van der Waals surface area (Å²) in [6.45, 7) is 1.96. The molecule has 0 bridgehead atoms. The number of nitrogens with two attached hydrogens (primary N) is 2. The molecule has 0 unspecified atom stereocenters. The smallest absolute Gasteiger partial charge is 0.0641 e. The summed E-state index contributed by atoms with van der Waals surface area (Å²) in [4.78, 5) is 0. The first-order valence-corrected chi connectivity index (χ1v) is 4.13. The van der Waals surface area contributed by atoms with Crippen LogP contribution in [0.15, 0.2) is 18.2 Å². The average Bonchev–Trinajstić information content (AvgIpc) is 2.03. The minimum atomic E-state index is -0.229. The van der Waals surface area contributed by atoms with Gasteiger partial charge in [0.25, 0.3) is 0 Å². The number of rotatable bonds is 2. The molecule has 1 atom stereocenters. The molecule has 0 heterocycles. The Hall–Kier alpha value is -1.53. The van der Waals surface area contributed by atoms with E-state index in [1.807, 2.05) is 31.2 Å². The minimum absolute atomic E-state index is 0.229. The Labute approximate surface area is 78.0 Å². The molecule has 3 heteroatoms. The summed E-state index contributed by atoms with van der Waals surface area (Å²) in [7, 11) is 0. The minimum Gasteiger partial charge on any atom is -0.399 e. The van der Waals surface area contributed by atoms with E-state index in [4.69, 9.17) is 16.7 Å². The molecule has 0 amide bonds. The average molecular weight is 175 g/mol. The predicted molar refractivity (Wildman–Crippen MR) is 52.7 cm³/mol. The van der Waals surface area contributed by atoms with Crippen molar-refractivity contribution in [3.63, 3.8) is 0 Å². The standard InChI is InChI=1S/C10H13N3/c1-7-4-8(6-9(12)5-7)10(13)2-3-11/h4-6,10H,2,12-13H2,1H3/t10-/m0/s1. The Morgan fingerprint density at radius 3 is 2.69 bits per heavy atom. The number of hydrogen-bond donors (Lipinski definition) is 2. The first kappa shape index (κ1) is 9.56. The van der Waals surface area contributed by atoms with E-state index >= 15 is 0 Å². The number of nitrogens with zero attached hydrogens (tertiary/aromatic N) is 1. The molecule has 13 heavy (non-hydrogen) atoms. The van der Waals surface area contributed by atoms with Crippen LogP contribution in [-0.2, 0) is 0 Å². The van der Waals surface area contributed by atoms with Gasteiger partial charge < -0.3 is 11.5 Å². The van der Waals surface area contributed by atoms with Crippen molar-refractivity contribution in [1.82, 2.24) is 0 Å². The molecule has 0 saturated heterocycles. The Morgan fingerprint density at radius 2 is 2.15 bits per heavy atom. The summed E-state index contributed by atoms with van der Waals surface area (Å²) >= 11 is 0. The van der Waals surface area contributed by atoms with Gasteiger partial charge in [0.05, 0.1) is 12.5 Å². The van der Waals surface area contributed by atoms with E-state index in [0.29, 0.717) is 12.1 Å². The van der Waals surface area contributed by atoms with Crippen molar-refractivity contribution in [2.24, 2.45) is 5.73 Å². The SMILES string of the molecule is Cc1cc(N)cc([C@@H](N)CC#N)c1. The number of anilines is 1. The van der Waals surface area contributed by atoms with Crippen LogP contribution in [0.2, 0.25) is 0 Å². The van der Waals surface area contributed by atoms with Crippen LogP contribution in [0.3, 0.4) is 0 Å². The van der Waals surface area contributed by atoms with E-state index < -0.39 is 0 Å². The van der Waals surface area contributed by atoms with Gasteiger partial charge >= 0.3 is 0 Å². The zero-order valence-corrected chi connectivity index (χ0v) is 7.62. The second-order valence-electron chi connectivity index (χ2n) is 3.15. The highest BCUT2D eigenvalue weighted by atomic mass is 14.6. The highest BCUT2D eigenvalue weighted by Gasteiger charge is 2.05. The fourth-order valence-electron chi connectivity index (χ4n) is 1.27. The summed E-state index contributed by atoms with van der Waals surface area (Å²) in [5, 5.41) is 8.48. The first-order valence-electron chi connectivity index (χ1n) is 4.13. The third-order valence-corrected chi connectivity index (χ3v) is 1.86. The van der Waals surface area contributed by atoms with Gasteiger partial charge in [0.15, 0.2) is 0 Å². The molecule has 0 fully saturated rings. The lowest BCUT2D eigenvalue weighted by molar-refractivity contribution is 0.748. The van der Waals surface area contributed by atoms with Crippen molar-refractivity contribution in [3.8, 4) is 6.07 Å². The second-order valence-corrected chi connectivity index (χ2v) is 3.15. The van der Waals surface area contributed by atoms with Gasteiger partial charge in [-0.15, -0.1) is 0 Å². The fraction of sp³-hybridized carbons (Fsp3) is 0.300. The van der Waals surface area contributed by atoms with E-state index in [2.05, 4.69) is 0 Å². The van der Waals surface area contributed by atoms with Crippen LogP contribution in [0.1, 0.15) is 23.6 Å². The lowest BCUT2D eigenvalue weighted by atomic mass is 10.0. The third-order valence-electron chi connectivity index (χ3n) is 1.86. The van der Waals surface area contributed by atoms with E-state index in [9.17, 15) is 0 Å². The number of benzene rings is 1. The zero-order chi connectivity index (χ0) is 9.84. The normalized spacial score (nSPS) is 12.1. The van der Waals surface area contributed by atoms with Gasteiger partial charge in [0, 0.05) is 11.7 Å². The quantitative estimate of drug-likeness (QED) is 0.668. The van der Waals surface area contributed by atoms with Crippen LogP contribution in [0.5, 0.6) is 0 Å². The van der Waals surface area contributed by atoms with Crippen molar-refractivity contribution in [2.75, 3.05) is 5.73 Å². The van der Waals surface area contributed by atoms with Gasteiger partial charge in [0.2, 0.25) is 0 Å². The van der Waals surface area contributed by atoms with Gasteiger partial charge in [-0.05, 0) is 30.2 Å². The molecule has 4 N–H and O–H groups in total. The summed E-state index contributed by atoms with van der Waals surface area (Å²) in [5.74, 6) is 0. The maximum absolute atomic E-state index is 8.48. The Kier molecular flexibility index (Phi) is 2.88. The molecule has 3 nitrogen and oxygen atoms in total. The molecule has 1 rings (SSSR count). The molecule has 0 aliphatic rings. The topological polar surface area (TPSA) is 75.8 Å². The maximum Gasteiger partial charge on any atom is 0.0641 e. The van der Waals surface area contributed by atoms with E-state index in [1.165, 1.54) is 0 Å². The molecular weight excluding hydrogens is 162 g/mol. The van der Waals surface area contributed by atoms with Crippen molar-refractivity contribution < 1.29 is 0 Å². The van der Waals surface area contributed by atoms with Crippen molar-refractivity contribution >= 4 is 5.69 Å². The van der Waals surface area contributed by atoms with Crippen LogP contribution < -0.4 is 11.5 Å². The van der Waals surface area contributed by atoms with E-state index in [1.54, 1.807) is 0 Å². The predicted octanol–water partition coefficient (Wildman–Crippen LogP) is 1.49. The zero-order valence-electron chi connectivity index (χ0n) is 7.62. The molecule has 0 saturated carbocycles. The largest absolute Gasteiger partial charge is 0.399 e. The number of nitrogen functional groups attached to an aromatic ring is 1. The van der Waals surface area contributed by atoms with Crippen LogP contribution >= 0.6 is 0 Å². The lowest BCUT2D eigenvalue weighted by Crippen LogP contribution is -2.09.